The summed E-state index contributed by atoms with van der Waals surface area (Å²) in [6.07, 6.45) is 0.852. The lowest BCUT2D eigenvalue weighted by molar-refractivity contribution is 0.415. The highest BCUT2D eigenvalue weighted by molar-refractivity contribution is 5.82. The van der Waals surface area contributed by atoms with Crippen molar-refractivity contribution >= 4 is 11.5 Å². The Morgan fingerprint density at radius 2 is 1.89 bits per heavy atom. The lowest BCUT2D eigenvalue weighted by Crippen LogP contribution is -2.34. The van der Waals surface area contributed by atoms with Crippen LogP contribution in [0.2, 0.25) is 0 Å². The predicted molar refractivity (Wildman–Crippen MR) is 76.6 cm³/mol. The van der Waals surface area contributed by atoms with Gasteiger partial charge in [-0.2, -0.15) is 0 Å². The normalized spacial score (nSPS) is 11.1. The SMILES string of the molecule is COc1ccc(N(C)CCC(C)(C)C(=N)N)cc1. The summed E-state index contributed by atoms with van der Waals surface area (Å²) in [5.74, 6) is 1.10. The van der Waals surface area contributed by atoms with Crippen LogP contribution >= 0.6 is 0 Å². The lowest BCUT2D eigenvalue weighted by Gasteiger charge is -2.27. The Labute approximate surface area is 109 Å². The number of nitrogens with zero attached hydrogens (tertiary/aromatic N) is 1. The van der Waals surface area contributed by atoms with Crippen LogP contribution in [-0.2, 0) is 0 Å². The van der Waals surface area contributed by atoms with Crippen molar-refractivity contribution in [2.75, 3.05) is 25.6 Å². The van der Waals surface area contributed by atoms with Crippen LogP contribution in [0, 0.1) is 10.8 Å². The molecule has 0 spiro atoms. The number of methoxy groups -OCH3 is 1. The number of hydrogen-bond acceptors (Lipinski definition) is 3. The summed E-state index contributed by atoms with van der Waals surface area (Å²) in [4.78, 5) is 2.16. The number of rotatable bonds is 6. The standard InChI is InChI=1S/C14H23N3O/c1-14(2,13(15)16)9-10-17(3)11-5-7-12(18-4)8-6-11/h5-8H,9-10H2,1-4H3,(H3,15,16). The summed E-state index contributed by atoms with van der Waals surface area (Å²) in [7, 11) is 3.70. The summed E-state index contributed by atoms with van der Waals surface area (Å²) in [5, 5.41) is 7.54. The molecule has 4 heteroatoms. The molecule has 0 unspecified atom stereocenters. The van der Waals surface area contributed by atoms with Crippen molar-refractivity contribution in [3.05, 3.63) is 24.3 Å². The largest absolute Gasteiger partial charge is 0.497 e. The average Bonchev–Trinajstić information content (AvgIpc) is 2.36. The van der Waals surface area contributed by atoms with Crippen molar-refractivity contribution in [2.24, 2.45) is 11.1 Å². The van der Waals surface area contributed by atoms with E-state index in [4.69, 9.17) is 15.9 Å². The van der Waals surface area contributed by atoms with Crippen molar-refractivity contribution in [1.82, 2.24) is 0 Å². The molecular formula is C14H23N3O. The molecule has 0 fully saturated rings. The summed E-state index contributed by atoms with van der Waals surface area (Å²) in [6, 6.07) is 7.95. The van der Waals surface area contributed by atoms with Crippen LogP contribution in [0.5, 0.6) is 5.75 Å². The lowest BCUT2D eigenvalue weighted by atomic mass is 9.88. The fourth-order valence-corrected chi connectivity index (χ4v) is 1.55. The van der Waals surface area contributed by atoms with E-state index in [1.165, 1.54) is 0 Å². The quantitative estimate of drug-likeness (QED) is 0.601. The van der Waals surface area contributed by atoms with Crippen LogP contribution < -0.4 is 15.4 Å². The molecule has 0 aliphatic rings. The fraction of sp³-hybridized carbons (Fsp3) is 0.500. The number of nitrogens with two attached hydrogens (primary N) is 1. The molecule has 0 heterocycles. The number of ether oxygens (including phenoxy) is 1. The smallest absolute Gasteiger partial charge is 0.119 e. The molecule has 4 nitrogen and oxygen atoms in total. The second-order valence-electron chi connectivity index (χ2n) is 5.17. The third-order valence-corrected chi connectivity index (χ3v) is 3.31. The molecular weight excluding hydrogens is 226 g/mol. The molecule has 1 aromatic rings. The Kier molecular flexibility index (Phi) is 4.59. The predicted octanol–water partition coefficient (Wildman–Crippen LogP) is 2.48. The highest BCUT2D eigenvalue weighted by atomic mass is 16.5. The summed E-state index contributed by atoms with van der Waals surface area (Å²) in [6.45, 7) is 4.85. The first-order chi connectivity index (χ1) is 8.36. The van der Waals surface area contributed by atoms with Gasteiger partial charge in [-0.15, -0.1) is 0 Å². The van der Waals surface area contributed by atoms with Crippen LogP contribution in [-0.4, -0.2) is 26.5 Å². The van der Waals surface area contributed by atoms with E-state index < -0.39 is 0 Å². The first-order valence-electron chi connectivity index (χ1n) is 6.06. The van der Waals surface area contributed by atoms with Crippen LogP contribution in [0.15, 0.2) is 24.3 Å². The zero-order valence-electron chi connectivity index (χ0n) is 11.7. The van der Waals surface area contributed by atoms with Crippen molar-refractivity contribution in [3.8, 4) is 5.75 Å². The molecule has 0 aliphatic carbocycles. The topological polar surface area (TPSA) is 62.3 Å². The third kappa shape index (κ3) is 3.65. The van der Waals surface area contributed by atoms with Crippen LogP contribution in [0.1, 0.15) is 20.3 Å². The molecule has 0 aliphatic heterocycles. The Bertz CT molecular complexity index is 398. The first-order valence-corrected chi connectivity index (χ1v) is 6.06. The summed E-state index contributed by atoms with van der Waals surface area (Å²) >= 11 is 0. The van der Waals surface area contributed by atoms with Crippen molar-refractivity contribution in [1.29, 1.82) is 5.41 Å². The number of nitrogens with one attached hydrogen (secondary N) is 1. The minimum atomic E-state index is -0.249. The maximum atomic E-state index is 7.54. The maximum absolute atomic E-state index is 7.54. The monoisotopic (exact) mass is 249 g/mol. The van der Waals surface area contributed by atoms with E-state index >= 15 is 0 Å². The summed E-state index contributed by atoms with van der Waals surface area (Å²) < 4.78 is 5.13. The van der Waals surface area contributed by atoms with Gasteiger partial charge in [-0.1, -0.05) is 13.8 Å². The molecule has 1 aromatic carbocycles. The van der Waals surface area contributed by atoms with Gasteiger partial charge in [-0.25, -0.2) is 0 Å². The van der Waals surface area contributed by atoms with E-state index in [1.807, 2.05) is 45.2 Å². The van der Waals surface area contributed by atoms with E-state index in [0.717, 1.165) is 24.4 Å². The summed E-state index contributed by atoms with van der Waals surface area (Å²) in [5.41, 5.74) is 6.47. The number of anilines is 1. The highest BCUT2D eigenvalue weighted by Crippen LogP contribution is 2.23. The molecule has 0 saturated heterocycles. The van der Waals surface area contributed by atoms with Crippen LogP contribution in [0.3, 0.4) is 0 Å². The Balaban J connectivity index is 2.59. The van der Waals surface area contributed by atoms with Gasteiger partial charge in [0, 0.05) is 24.7 Å². The van der Waals surface area contributed by atoms with E-state index in [1.54, 1.807) is 7.11 Å². The second-order valence-corrected chi connectivity index (χ2v) is 5.17. The Hall–Kier alpha value is -1.71. The molecule has 0 radical (unpaired) electrons. The van der Waals surface area contributed by atoms with Crippen molar-refractivity contribution < 1.29 is 4.74 Å². The molecule has 0 aromatic heterocycles. The Morgan fingerprint density at radius 1 is 1.33 bits per heavy atom. The molecule has 0 atom stereocenters. The van der Waals surface area contributed by atoms with E-state index in [9.17, 15) is 0 Å². The first kappa shape index (κ1) is 14.4. The van der Waals surface area contributed by atoms with Gasteiger partial charge < -0.3 is 15.4 Å². The molecule has 0 bridgehead atoms. The highest BCUT2D eigenvalue weighted by Gasteiger charge is 2.21. The second kappa shape index (κ2) is 5.76. The minimum absolute atomic E-state index is 0.241. The average molecular weight is 249 g/mol. The molecule has 0 amide bonds. The van der Waals surface area contributed by atoms with E-state index in [0.29, 0.717) is 0 Å². The third-order valence-electron chi connectivity index (χ3n) is 3.31. The zero-order chi connectivity index (χ0) is 13.8. The van der Waals surface area contributed by atoms with Gasteiger partial charge in [-0.05, 0) is 30.7 Å². The Morgan fingerprint density at radius 3 is 2.33 bits per heavy atom. The molecule has 0 saturated carbocycles. The van der Waals surface area contributed by atoms with Gasteiger partial charge in [0.25, 0.3) is 0 Å². The molecule has 3 N–H and O–H groups in total. The van der Waals surface area contributed by atoms with Gasteiger partial charge in [-0.3, -0.25) is 5.41 Å². The number of amidine groups is 1. The molecule has 18 heavy (non-hydrogen) atoms. The number of hydrogen-bond donors (Lipinski definition) is 2. The molecule has 100 valence electrons. The van der Waals surface area contributed by atoms with Crippen LogP contribution in [0.25, 0.3) is 0 Å². The fourth-order valence-electron chi connectivity index (χ4n) is 1.55. The number of benzene rings is 1. The van der Waals surface area contributed by atoms with Gasteiger partial charge in [0.1, 0.15) is 5.75 Å². The van der Waals surface area contributed by atoms with E-state index in [-0.39, 0.29) is 11.3 Å². The maximum Gasteiger partial charge on any atom is 0.119 e. The van der Waals surface area contributed by atoms with Crippen molar-refractivity contribution in [3.63, 3.8) is 0 Å². The minimum Gasteiger partial charge on any atom is -0.497 e. The zero-order valence-corrected chi connectivity index (χ0v) is 11.7. The van der Waals surface area contributed by atoms with Crippen molar-refractivity contribution in [2.45, 2.75) is 20.3 Å². The van der Waals surface area contributed by atoms with Gasteiger partial charge in [0.15, 0.2) is 0 Å². The van der Waals surface area contributed by atoms with Gasteiger partial charge in [0.05, 0.1) is 12.9 Å². The van der Waals surface area contributed by atoms with E-state index in [2.05, 4.69) is 4.90 Å². The van der Waals surface area contributed by atoms with Crippen LogP contribution in [0.4, 0.5) is 5.69 Å². The van der Waals surface area contributed by atoms with Gasteiger partial charge in [0.2, 0.25) is 0 Å². The van der Waals surface area contributed by atoms with Gasteiger partial charge >= 0.3 is 0 Å². The molecule has 1 rings (SSSR count).